The van der Waals surface area contributed by atoms with Crippen molar-refractivity contribution in [1.82, 2.24) is 0 Å². The molecule has 0 radical (unpaired) electrons. The van der Waals surface area contributed by atoms with E-state index in [-0.39, 0.29) is 25.9 Å². The highest BCUT2D eigenvalue weighted by Gasteiger charge is 2.28. The van der Waals surface area contributed by atoms with Crippen molar-refractivity contribution in [3.63, 3.8) is 0 Å². The van der Waals surface area contributed by atoms with Gasteiger partial charge in [0.2, 0.25) is 0 Å². The Bertz CT molecular complexity index is 1750. The van der Waals surface area contributed by atoms with Crippen molar-refractivity contribution in [2.45, 2.75) is 303 Å². The summed E-state index contributed by atoms with van der Waals surface area (Å²) >= 11 is 0. The highest BCUT2D eigenvalue weighted by Crippen LogP contribution is 2.43. The minimum absolute atomic E-state index is 0.0382. The second-order valence-corrected chi connectivity index (χ2v) is 23.4. The number of hydrogen-bond acceptors (Lipinski definition) is 10. The first-order chi connectivity index (χ1) is 40.2. The highest BCUT2D eigenvalue weighted by molar-refractivity contribution is 7.47. The number of ether oxygens (including phenoxy) is 3. The van der Waals surface area contributed by atoms with Gasteiger partial charge in [0, 0.05) is 19.3 Å². The van der Waals surface area contributed by atoms with Gasteiger partial charge in [-0.05, 0) is 89.9 Å². The number of carbonyl (C=O) groups excluding carboxylic acids is 3. The van der Waals surface area contributed by atoms with E-state index in [1.165, 1.54) is 135 Å². The van der Waals surface area contributed by atoms with Crippen molar-refractivity contribution < 1.29 is 52.2 Å². The van der Waals surface area contributed by atoms with Gasteiger partial charge in [-0.15, -0.1) is 0 Å². The minimum Gasteiger partial charge on any atom is -0.462 e. The van der Waals surface area contributed by atoms with Crippen molar-refractivity contribution in [3.05, 3.63) is 97.2 Å². The Morgan fingerprint density at radius 3 is 1.07 bits per heavy atom. The lowest BCUT2D eigenvalue weighted by Gasteiger charge is -2.21. The van der Waals surface area contributed by atoms with Crippen LogP contribution in [0, 0.1) is 0 Å². The highest BCUT2D eigenvalue weighted by atomic mass is 31.2. The molecular formula is C70H121O11P. The number of aliphatic hydroxyl groups is 1. The molecule has 0 spiro atoms. The molecule has 0 aromatic heterocycles. The van der Waals surface area contributed by atoms with Gasteiger partial charge in [-0.2, -0.15) is 0 Å². The molecule has 0 fully saturated rings. The van der Waals surface area contributed by atoms with Crippen molar-refractivity contribution >= 4 is 25.7 Å². The molecule has 11 nitrogen and oxygen atoms in total. The van der Waals surface area contributed by atoms with Crippen LogP contribution in [-0.4, -0.2) is 66.5 Å². The van der Waals surface area contributed by atoms with Crippen LogP contribution in [0.5, 0.6) is 0 Å². The molecule has 3 unspecified atom stereocenters. The lowest BCUT2D eigenvalue weighted by atomic mass is 10.0. The fourth-order valence-corrected chi connectivity index (χ4v) is 9.79. The molecule has 472 valence electrons. The predicted octanol–water partition coefficient (Wildman–Crippen LogP) is 20.4. The molecule has 82 heavy (non-hydrogen) atoms. The zero-order valence-electron chi connectivity index (χ0n) is 52.4. The molecule has 0 aliphatic rings. The average Bonchev–Trinajstić information content (AvgIpc) is 3.50. The maximum absolute atomic E-state index is 13.0. The lowest BCUT2D eigenvalue weighted by Crippen LogP contribution is -2.30. The summed E-state index contributed by atoms with van der Waals surface area (Å²) in [6.45, 7) is 4.46. The van der Waals surface area contributed by atoms with Gasteiger partial charge in [-0.25, -0.2) is 4.57 Å². The smallest absolute Gasteiger partial charge is 0.462 e. The quantitative estimate of drug-likeness (QED) is 0.0197. The molecule has 0 aromatic rings. The Hall–Kier alpha value is -3.60. The monoisotopic (exact) mass is 1170 g/mol. The number of esters is 3. The number of rotatable bonds is 61. The van der Waals surface area contributed by atoms with Crippen LogP contribution in [0.2, 0.25) is 0 Å². The number of unbranched alkanes of at least 4 members (excludes halogenated alkanes) is 28. The zero-order chi connectivity index (χ0) is 59.8. The largest absolute Gasteiger partial charge is 0.472 e. The van der Waals surface area contributed by atoms with E-state index in [2.05, 4.69) is 106 Å². The van der Waals surface area contributed by atoms with E-state index in [9.17, 15) is 28.9 Å². The van der Waals surface area contributed by atoms with E-state index in [0.29, 0.717) is 25.7 Å². The maximum atomic E-state index is 13.0. The Morgan fingerprint density at radius 2 is 0.659 bits per heavy atom. The summed E-state index contributed by atoms with van der Waals surface area (Å²) in [5, 5.41) is 9.87. The van der Waals surface area contributed by atoms with E-state index in [4.69, 9.17) is 23.3 Å². The summed E-state index contributed by atoms with van der Waals surface area (Å²) < 4.78 is 39.6. The molecule has 0 heterocycles. The van der Waals surface area contributed by atoms with E-state index in [1.54, 1.807) is 0 Å². The fraction of sp³-hybridized carbons (Fsp3) is 0.729. The summed E-state index contributed by atoms with van der Waals surface area (Å²) in [6.07, 6.45) is 76.6. The predicted molar refractivity (Wildman–Crippen MR) is 344 cm³/mol. The van der Waals surface area contributed by atoms with Crippen molar-refractivity contribution in [2.24, 2.45) is 0 Å². The van der Waals surface area contributed by atoms with Gasteiger partial charge in [0.15, 0.2) is 6.10 Å². The number of hydrogen-bond donors (Lipinski definition) is 2. The average molecular weight is 1170 g/mol. The van der Waals surface area contributed by atoms with Gasteiger partial charge < -0.3 is 24.2 Å². The Labute approximate surface area is 502 Å². The molecule has 0 aliphatic heterocycles. The molecule has 0 amide bonds. The second-order valence-electron chi connectivity index (χ2n) is 21.9. The molecule has 0 saturated carbocycles. The van der Waals surface area contributed by atoms with E-state index >= 15 is 0 Å². The number of allylic oxidation sites excluding steroid dienone is 16. The molecule has 0 aromatic carbocycles. The van der Waals surface area contributed by atoms with Gasteiger partial charge >= 0.3 is 25.7 Å². The SMILES string of the molecule is CC/C=C\C/C=C\C/C=C\C/C=C\C/C=C\C/C=C\CCC(=O)OC(COC(=O)CCCCCCCCC/C=C\C/C=C\CCCCC)COP(=O)(O)OCC(CO)OC(=O)CCCCCCCCCCCCCCCCCCCCC. The normalized spacial score (nSPS) is 13.9. The summed E-state index contributed by atoms with van der Waals surface area (Å²) in [5.41, 5.74) is 0. The molecule has 0 bridgehead atoms. The fourth-order valence-electron chi connectivity index (χ4n) is 9.00. The standard InChI is InChI=1S/C70H121O11P/c1-4-7-10-13-16-19-22-25-28-31-33-36-39-42-45-48-51-54-57-60-69(73)80-66(62-71)64-78-82(75,76)79-65-67(63-77-68(72)59-56-53-50-47-44-41-38-35-30-27-24-21-18-15-12-9-6-3)81-70(74)61-58-55-52-49-46-43-40-37-34-32-29-26-23-20-17-14-11-8-5-2/h8,11,17-18,20-21,26-27,29-30,34,37,43,46,52,55,66-67,71H,4-7,9-10,12-16,19,22-25,28,31-33,35-36,38-42,44-45,47-51,53-54,56-65H2,1-3H3,(H,75,76)/b11-8-,20-17-,21-18-,29-26-,30-27-,37-34-,46-43-,55-52-. The molecule has 0 rings (SSSR count). The van der Waals surface area contributed by atoms with Crippen LogP contribution in [-0.2, 0) is 42.2 Å². The Kier molecular flexibility index (Phi) is 60.6. The summed E-state index contributed by atoms with van der Waals surface area (Å²) in [6, 6.07) is 0. The van der Waals surface area contributed by atoms with E-state index in [0.717, 1.165) is 89.9 Å². The number of carbonyl (C=O) groups is 3. The lowest BCUT2D eigenvalue weighted by molar-refractivity contribution is -0.161. The van der Waals surface area contributed by atoms with Gasteiger partial charge in [-0.1, -0.05) is 279 Å². The summed E-state index contributed by atoms with van der Waals surface area (Å²) in [5.74, 6) is -1.57. The van der Waals surface area contributed by atoms with Crippen molar-refractivity contribution in [2.75, 3.05) is 26.4 Å². The van der Waals surface area contributed by atoms with Crippen LogP contribution in [0.15, 0.2) is 97.2 Å². The first kappa shape index (κ1) is 78.4. The maximum Gasteiger partial charge on any atom is 0.472 e. The summed E-state index contributed by atoms with van der Waals surface area (Å²) in [4.78, 5) is 48.8. The molecule has 0 aliphatic carbocycles. The number of phosphoric acid groups is 1. The topological polar surface area (TPSA) is 155 Å². The third kappa shape index (κ3) is 61.0. The first-order valence-electron chi connectivity index (χ1n) is 33.1. The van der Waals surface area contributed by atoms with E-state index < -0.39 is 57.8 Å². The molecular weight excluding hydrogens is 1050 g/mol. The molecule has 2 N–H and O–H groups in total. The van der Waals surface area contributed by atoms with Gasteiger partial charge in [0.05, 0.1) is 19.8 Å². The number of phosphoric ester groups is 1. The third-order valence-electron chi connectivity index (χ3n) is 14.0. The van der Waals surface area contributed by atoms with Gasteiger partial charge in [0.1, 0.15) is 12.7 Å². The van der Waals surface area contributed by atoms with Gasteiger partial charge in [-0.3, -0.25) is 23.4 Å². The molecule has 12 heteroatoms. The number of aliphatic hydroxyl groups excluding tert-OH is 1. The van der Waals surface area contributed by atoms with Crippen LogP contribution in [0.25, 0.3) is 0 Å². The van der Waals surface area contributed by atoms with Crippen molar-refractivity contribution in [3.8, 4) is 0 Å². The minimum atomic E-state index is -4.78. The van der Waals surface area contributed by atoms with Crippen LogP contribution in [0.4, 0.5) is 0 Å². The van der Waals surface area contributed by atoms with Crippen LogP contribution < -0.4 is 0 Å². The van der Waals surface area contributed by atoms with Crippen LogP contribution in [0.3, 0.4) is 0 Å². The van der Waals surface area contributed by atoms with Crippen LogP contribution in [0.1, 0.15) is 290 Å². The molecule has 3 atom stereocenters. The van der Waals surface area contributed by atoms with Crippen molar-refractivity contribution in [1.29, 1.82) is 0 Å². The Balaban J connectivity index is 4.77. The second kappa shape index (κ2) is 63.4. The van der Waals surface area contributed by atoms with Crippen LogP contribution >= 0.6 is 7.82 Å². The summed E-state index contributed by atoms with van der Waals surface area (Å²) in [7, 11) is -4.78. The van der Waals surface area contributed by atoms with Gasteiger partial charge in [0.25, 0.3) is 0 Å². The third-order valence-corrected chi connectivity index (χ3v) is 15.0. The first-order valence-corrected chi connectivity index (χ1v) is 34.6. The van der Waals surface area contributed by atoms with E-state index in [1.807, 2.05) is 12.2 Å². The zero-order valence-corrected chi connectivity index (χ0v) is 53.3. The Morgan fingerprint density at radius 1 is 0.354 bits per heavy atom. The molecule has 0 saturated heterocycles.